The Morgan fingerprint density at radius 2 is 2.00 bits per heavy atom. The van der Waals surface area contributed by atoms with E-state index in [1.165, 1.54) is 7.11 Å². The third kappa shape index (κ3) is 1.90. The normalized spacial score (nSPS) is 18.8. The molecule has 0 spiro atoms. The second-order valence-electron chi connectivity index (χ2n) is 2.97. The minimum Gasteiger partial charge on any atom is -0.480 e. The fourth-order valence-electron chi connectivity index (χ4n) is 1.36. The average molecular weight is 201 g/mol. The molecule has 0 aromatic carbocycles. The third-order valence-electron chi connectivity index (χ3n) is 2.01. The molecule has 0 aliphatic carbocycles. The highest BCUT2D eigenvalue weighted by atomic mass is 16.5. The number of carboxylic acids is 1. The van der Waals surface area contributed by atoms with Gasteiger partial charge in [-0.3, -0.25) is 14.5 Å². The van der Waals surface area contributed by atoms with Crippen LogP contribution in [0.15, 0.2) is 0 Å². The molecule has 1 aliphatic heterocycles. The maximum atomic E-state index is 11.2. The van der Waals surface area contributed by atoms with Crippen LogP contribution >= 0.6 is 0 Å². The molecule has 1 rings (SSSR count). The number of imide groups is 1. The van der Waals surface area contributed by atoms with Gasteiger partial charge in [0.15, 0.2) is 6.04 Å². The zero-order valence-electron chi connectivity index (χ0n) is 7.73. The van der Waals surface area contributed by atoms with E-state index in [2.05, 4.69) is 4.74 Å². The number of methoxy groups -OCH3 is 1. The van der Waals surface area contributed by atoms with E-state index in [9.17, 15) is 14.4 Å². The van der Waals surface area contributed by atoms with Crippen molar-refractivity contribution in [1.82, 2.24) is 4.90 Å². The minimum absolute atomic E-state index is 0.0896. The quantitative estimate of drug-likeness (QED) is 0.604. The Morgan fingerprint density at radius 3 is 2.36 bits per heavy atom. The molecule has 1 fully saturated rings. The van der Waals surface area contributed by atoms with Gasteiger partial charge in [0.25, 0.3) is 0 Å². The number of ether oxygens (including phenoxy) is 1. The molecule has 0 radical (unpaired) electrons. The van der Waals surface area contributed by atoms with E-state index in [4.69, 9.17) is 5.11 Å². The molecule has 0 aromatic rings. The molecule has 2 amide bonds. The number of hydrogen-bond acceptors (Lipinski definition) is 4. The van der Waals surface area contributed by atoms with E-state index in [0.29, 0.717) is 0 Å². The van der Waals surface area contributed by atoms with Crippen molar-refractivity contribution in [3.8, 4) is 0 Å². The molecule has 1 saturated heterocycles. The van der Waals surface area contributed by atoms with Crippen molar-refractivity contribution >= 4 is 17.8 Å². The summed E-state index contributed by atoms with van der Waals surface area (Å²) in [6.45, 7) is -0.174. The van der Waals surface area contributed by atoms with E-state index < -0.39 is 23.8 Å². The van der Waals surface area contributed by atoms with Crippen LogP contribution in [0.5, 0.6) is 0 Å². The van der Waals surface area contributed by atoms with E-state index >= 15 is 0 Å². The number of likely N-dealkylation sites (tertiary alicyclic amines) is 1. The summed E-state index contributed by atoms with van der Waals surface area (Å²) in [6.07, 6.45) is 0.179. The number of amides is 2. The second kappa shape index (κ2) is 4.19. The smallest absolute Gasteiger partial charge is 0.329 e. The number of rotatable bonds is 4. The van der Waals surface area contributed by atoms with Crippen LogP contribution in [0, 0.1) is 0 Å². The Hall–Kier alpha value is -1.43. The van der Waals surface area contributed by atoms with E-state index in [0.717, 1.165) is 4.90 Å². The molecule has 6 nitrogen and oxygen atoms in total. The van der Waals surface area contributed by atoms with Crippen molar-refractivity contribution < 1.29 is 24.2 Å². The lowest BCUT2D eigenvalue weighted by Crippen LogP contribution is -2.47. The maximum Gasteiger partial charge on any atom is 0.329 e. The Kier molecular flexibility index (Phi) is 3.19. The van der Waals surface area contributed by atoms with Crippen molar-refractivity contribution in [2.45, 2.75) is 18.9 Å². The van der Waals surface area contributed by atoms with Gasteiger partial charge in [-0.1, -0.05) is 0 Å². The van der Waals surface area contributed by atoms with Gasteiger partial charge in [-0.2, -0.15) is 0 Å². The average Bonchev–Trinajstić information content (AvgIpc) is 2.43. The Balaban J connectivity index is 2.81. The van der Waals surface area contributed by atoms with Gasteiger partial charge in [-0.25, -0.2) is 4.79 Å². The largest absolute Gasteiger partial charge is 0.480 e. The van der Waals surface area contributed by atoms with Crippen molar-refractivity contribution in [1.29, 1.82) is 0 Å². The fourth-order valence-corrected chi connectivity index (χ4v) is 1.36. The van der Waals surface area contributed by atoms with Crippen LogP contribution in [0.25, 0.3) is 0 Å². The summed E-state index contributed by atoms with van der Waals surface area (Å²) in [7, 11) is 1.32. The SMILES string of the molecule is COC[C@H](C(=O)O)N1C(=O)CCC1=O. The fraction of sp³-hybridized carbons (Fsp3) is 0.625. The number of carboxylic acid groups (broad SMARTS) is 1. The summed E-state index contributed by atoms with van der Waals surface area (Å²) in [6, 6.07) is -1.19. The first-order valence-electron chi connectivity index (χ1n) is 4.14. The summed E-state index contributed by atoms with van der Waals surface area (Å²) < 4.78 is 4.65. The number of carbonyl (C=O) groups excluding carboxylic acids is 2. The van der Waals surface area contributed by atoms with Crippen LogP contribution in [0.4, 0.5) is 0 Å². The first-order valence-corrected chi connectivity index (χ1v) is 4.14. The van der Waals surface area contributed by atoms with Gasteiger partial charge in [0.1, 0.15) is 0 Å². The Morgan fingerprint density at radius 1 is 1.50 bits per heavy atom. The van der Waals surface area contributed by atoms with Gasteiger partial charge in [-0.15, -0.1) is 0 Å². The standard InChI is InChI=1S/C8H11NO5/c1-14-4-5(8(12)13)9-6(10)2-3-7(9)11/h5H,2-4H2,1H3,(H,12,13)/t5-/m1/s1. The molecule has 1 heterocycles. The summed E-state index contributed by atoms with van der Waals surface area (Å²) in [5.41, 5.74) is 0. The summed E-state index contributed by atoms with van der Waals surface area (Å²) in [4.78, 5) is 33.9. The summed E-state index contributed by atoms with van der Waals surface area (Å²) >= 11 is 0. The van der Waals surface area contributed by atoms with Gasteiger partial charge in [-0.05, 0) is 0 Å². The molecule has 0 aromatic heterocycles. The topological polar surface area (TPSA) is 83.9 Å². The summed E-state index contributed by atoms with van der Waals surface area (Å²) in [5, 5.41) is 8.77. The van der Waals surface area contributed by atoms with Crippen molar-refractivity contribution in [3.05, 3.63) is 0 Å². The minimum atomic E-state index is -1.23. The van der Waals surface area contributed by atoms with E-state index in [1.54, 1.807) is 0 Å². The highest BCUT2D eigenvalue weighted by molar-refractivity contribution is 6.04. The molecule has 1 atom stereocenters. The zero-order valence-corrected chi connectivity index (χ0v) is 7.73. The van der Waals surface area contributed by atoms with Crippen LogP contribution in [0.2, 0.25) is 0 Å². The highest BCUT2D eigenvalue weighted by Crippen LogP contribution is 2.15. The highest BCUT2D eigenvalue weighted by Gasteiger charge is 2.38. The molecule has 1 aliphatic rings. The number of aliphatic carboxylic acids is 1. The first kappa shape index (κ1) is 10.6. The lowest BCUT2D eigenvalue weighted by molar-refractivity contribution is -0.156. The van der Waals surface area contributed by atoms with Gasteiger partial charge in [0.2, 0.25) is 11.8 Å². The summed E-state index contributed by atoms with van der Waals surface area (Å²) in [5.74, 6) is -2.12. The first-order chi connectivity index (χ1) is 6.57. The third-order valence-corrected chi connectivity index (χ3v) is 2.01. The molecular formula is C8H11NO5. The maximum absolute atomic E-state index is 11.2. The molecule has 0 bridgehead atoms. The van der Waals surface area contributed by atoms with Gasteiger partial charge in [0.05, 0.1) is 6.61 Å². The number of hydrogen-bond donors (Lipinski definition) is 1. The van der Waals surface area contributed by atoms with Crippen LogP contribution in [-0.4, -0.2) is 47.5 Å². The van der Waals surface area contributed by atoms with Crippen LogP contribution in [0.3, 0.4) is 0 Å². The van der Waals surface area contributed by atoms with Crippen LogP contribution < -0.4 is 0 Å². The Labute approximate surface area is 80.4 Å². The van der Waals surface area contributed by atoms with Crippen molar-refractivity contribution in [2.24, 2.45) is 0 Å². The Bertz CT molecular complexity index is 259. The lowest BCUT2D eigenvalue weighted by atomic mass is 10.3. The molecule has 14 heavy (non-hydrogen) atoms. The molecular weight excluding hydrogens is 190 g/mol. The second-order valence-corrected chi connectivity index (χ2v) is 2.97. The van der Waals surface area contributed by atoms with Crippen LogP contribution in [0.1, 0.15) is 12.8 Å². The van der Waals surface area contributed by atoms with Crippen molar-refractivity contribution in [2.75, 3.05) is 13.7 Å². The van der Waals surface area contributed by atoms with Gasteiger partial charge < -0.3 is 9.84 Å². The molecule has 0 saturated carbocycles. The number of carbonyl (C=O) groups is 3. The predicted octanol–water partition coefficient (Wildman–Crippen LogP) is -0.765. The predicted molar refractivity (Wildman–Crippen MR) is 44.4 cm³/mol. The molecule has 6 heteroatoms. The van der Waals surface area contributed by atoms with Crippen molar-refractivity contribution in [3.63, 3.8) is 0 Å². The van der Waals surface area contributed by atoms with E-state index in [1.807, 2.05) is 0 Å². The molecule has 1 N–H and O–H groups in total. The van der Waals surface area contributed by atoms with Crippen LogP contribution in [-0.2, 0) is 19.1 Å². The van der Waals surface area contributed by atoms with Gasteiger partial charge in [0, 0.05) is 20.0 Å². The molecule has 78 valence electrons. The monoisotopic (exact) mass is 201 g/mol. The zero-order chi connectivity index (χ0) is 10.7. The lowest BCUT2D eigenvalue weighted by Gasteiger charge is -2.21. The van der Waals surface area contributed by atoms with Gasteiger partial charge >= 0.3 is 5.97 Å². The molecule has 0 unspecified atom stereocenters. The van der Waals surface area contributed by atoms with E-state index in [-0.39, 0.29) is 19.4 Å². The number of nitrogens with zero attached hydrogens (tertiary/aromatic N) is 1.